The van der Waals surface area contributed by atoms with E-state index in [9.17, 15) is 14.4 Å². The number of benzene rings is 3. The van der Waals surface area contributed by atoms with Gasteiger partial charge in [0.15, 0.2) is 0 Å². The smallest absolute Gasteiger partial charge is 0.323 e. The Morgan fingerprint density at radius 1 is 0.656 bits per heavy atom. The largest absolute Gasteiger partial charge is 0.350 e. The van der Waals surface area contributed by atoms with Gasteiger partial charge in [0.05, 0.1) is 0 Å². The highest BCUT2D eigenvalue weighted by atomic mass is 16.2. The van der Waals surface area contributed by atoms with Gasteiger partial charge in [0.1, 0.15) is 0 Å². The second kappa shape index (κ2) is 11.3. The number of hydrogen-bond donors (Lipinski definition) is 4. The molecule has 3 aromatic rings. The molecule has 164 valence electrons. The Balaban J connectivity index is 1.43. The number of hydrogen-bond acceptors (Lipinski definition) is 3. The summed E-state index contributed by atoms with van der Waals surface area (Å²) in [7, 11) is 0. The van der Waals surface area contributed by atoms with Gasteiger partial charge in [-0.1, -0.05) is 43.3 Å². The fraction of sp³-hybridized carbons (Fsp3) is 0.160. The van der Waals surface area contributed by atoms with Gasteiger partial charge in [-0.3, -0.25) is 9.59 Å². The lowest BCUT2D eigenvalue weighted by Gasteiger charge is -2.11. The molecule has 3 aromatic carbocycles. The summed E-state index contributed by atoms with van der Waals surface area (Å²) in [5.41, 5.74) is 3.42. The molecular formula is C25H26N4O3. The number of rotatable bonds is 8. The van der Waals surface area contributed by atoms with Crippen molar-refractivity contribution >= 4 is 29.2 Å². The van der Waals surface area contributed by atoms with Crippen LogP contribution in [0.5, 0.6) is 0 Å². The van der Waals surface area contributed by atoms with Crippen LogP contribution in [-0.4, -0.2) is 30.9 Å². The molecule has 0 unspecified atom stereocenters. The molecule has 0 aromatic heterocycles. The van der Waals surface area contributed by atoms with E-state index in [2.05, 4.69) is 21.3 Å². The van der Waals surface area contributed by atoms with E-state index >= 15 is 0 Å². The first-order chi connectivity index (χ1) is 15.6. The molecule has 0 saturated carbocycles. The van der Waals surface area contributed by atoms with Crippen LogP contribution in [0, 0.1) is 0 Å². The van der Waals surface area contributed by atoms with Gasteiger partial charge in [0, 0.05) is 35.6 Å². The van der Waals surface area contributed by atoms with Gasteiger partial charge >= 0.3 is 6.03 Å². The number of aryl methyl sites for hydroxylation is 1. The fourth-order valence-corrected chi connectivity index (χ4v) is 3.09. The Labute approximate surface area is 187 Å². The molecule has 4 N–H and O–H groups in total. The van der Waals surface area contributed by atoms with E-state index in [0.717, 1.165) is 17.7 Å². The Kier molecular flexibility index (Phi) is 7.97. The molecule has 0 aliphatic rings. The van der Waals surface area contributed by atoms with Crippen LogP contribution in [0.3, 0.4) is 0 Å². The molecule has 0 atom stereocenters. The molecule has 7 nitrogen and oxygen atoms in total. The predicted octanol–water partition coefficient (Wildman–Crippen LogP) is 4.05. The summed E-state index contributed by atoms with van der Waals surface area (Å²) in [6.45, 7) is 2.65. The standard InChI is InChI=1S/C25H26N4O3/c1-2-18-8-6-7-11-22(18)29-25(32)28-21-14-12-20(13-15-21)24(31)27-17-16-26-23(30)19-9-4-3-5-10-19/h3-15H,2,16-17H2,1H3,(H,26,30)(H,27,31)(H2,28,29,32). The Hall–Kier alpha value is -4.13. The lowest BCUT2D eigenvalue weighted by atomic mass is 10.1. The molecule has 0 radical (unpaired) electrons. The zero-order valence-electron chi connectivity index (χ0n) is 17.9. The highest BCUT2D eigenvalue weighted by Crippen LogP contribution is 2.16. The van der Waals surface area contributed by atoms with Crippen LogP contribution in [0.2, 0.25) is 0 Å². The molecular weight excluding hydrogens is 404 g/mol. The molecule has 0 heterocycles. The maximum absolute atomic E-state index is 12.3. The van der Waals surface area contributed by atoms with Crippen molar-refractivity contribution < 1.29 is 14.4 Å². The van der Waals surface area contributed by atoms with E-state index in [1.807, 2.05) is 37.3 Å². The Morgan fingerprint density at radius 2 is 1.22 bits per heavy atom. The summed E-state index contributed by atoms with van der Waals surface area (Å²) >= 11 is 0. The number of para-hydroxylation sites is 1. The number of carbonyl (C=O) groups is 3. The zero-order valence-corrected chi connectivity index (χ0v) is 17.9. The van der Waals surface area contributed by atoms with E-state index in [0.29, 0.717) is 29.9 Å². The van der Waals surface area contributed by atoms with Crippen LogP contribution >= 0.6 is 0 Å². The number of urea groups is 1. The van der Waals surface area contributed by atoms with Crippen LogP contribution in [0.25, 0.3) is 0 Å². The average molecular weight is 431 g/mol. The van der Waals surface area contributed by atoms with Gasteiger partial charge in [-0.15, -0.1) is 0 Å². The lowest BCUT2D eigenvalue weighted by Crippen LogP contribution is -2.34. The van der Waals surface area contributed by atoms with Crippen molar-refractivity contribution in [2.75, 3.05) is 23.7 Å². The van der Waals surface area contributed by atoms with Crippen LogP contribution < -0.4 is 21.3 Å². The predicted molar refractivity (Wildman–Crippen MR) is 126 cm³/mol. The first-order valence-electron chi connectivity index (χ1n) is 10.4. The molecule has 0 fully saturated rings. The van der Waals surface area contributed by atoms with E-state index in [4.69, 9.17) is 0 Å². The van der Waals surface area contributed by atoms with Crippen molar-refractivity contribution in [3.63, 3.8) is 0 Å². The van der Waals surface area contributed by atoms with Gasteiger partial charge in [-0.25, -0.2) is 4.79 Å². The topological polar surface area (TPSA) is 99.3 Å². The van der Waals surface area contributed by atoms with Gasteiger partial charge in [-0.05, 0) is 54.4 Å². The van der Waals surface area contributed by atoms with Crippen molar-refractivity contribution in [2.24, 2.45) is 0 Å². The van der Waals surface area contributed by atoms with E-state index < -0.39 is 0 Å². The normalized spacial score (nSPS) is 10.2. The van der Waals surface area contributed by atoms with Crippen molar-refractivity contribution in [1.29, 1.82) is 0 Å². The van der Waals surface area contributed by atoms with Crippen molar-refractivity contribution in [1.82, 2.24) is 10.6 Å². The summed E-state index contributed by atoms with van der Waals surface area (Å²) in [4.78, 5) is 36.5. The molecule has 0 aliphatic heterocycles. The van der Waals surface area contributed by atoms with Gasteiger partial charge in [-0.2, -0.15) is 0 Å². The molecule has 0 saturated heterocycles. The highest BCUT2D eigenvalue weighted by molar-refractivity contribution is 6.01. The second-order valence-electron chi connectivity index (χ2n) is 7.05. The van der Waals surface area contributed by atoms with Gasteiger partial charge in [0.2, 0.25) is 0 Å². The molecule has 0 aliphatic carbocycles. The van der Waals surface area contributed by atoms with E-state index in [1.54, 1.807) is 48.5 Å². The van der Waals surface area contributed by atoms with Crippen LogP contribution in [0.15, 0.2) is 78.9 Å². The molecule has 3 rings (SSSR count). The monoisotopic (exact) mass is 430 g/mol. The van der Waals surface area contributed by atoms with Crippen LogP contribution in [0.4, 0.5) is 16.2 Å². The zero-order chi connectivity index (χ0) is 22.8. The number of nitrogens with one attached hydrogen (secondary N) is 4. The molecule has 32 heavy (non-hydrogen) atoms. The lowest BCUT2D eigenvalue weighted by molar-refractivity contribution is 0.0927. The fourth-order valence-electron chi connectivity index (χ4n) is 3.09. The maximum atomic E-state index is 12.3. The molecule has 0 bridgehead atoms. The summed E-state index contributed by atoms with van der Waals surface area (Å²) in [6.07, 6.45) is 0.816. The summed E-state index contributed by atoms with van der Waals surface area (Å²) < 4.78 is 0. The summed E-state index contributed by atoms with van der Waals surface area (Å²) in [6, 6.07) is 22.8. The third kappa shape index (κ3) is 6.43. The third-order valence-corrected chi connectivity index (χ3v) is 4.78. The van der Waals surface area contributed by atoms with Crippen molar-refractivity contribution in [3.05, 3.63) is 95.6 Å². The van der Waals surface area contributed by atoms with Crippen molar-refractivity contribution in [3.8, 4) is 0 Å². The first kappa shape index (κ1) is 22.6. The Morgan fingerprint density at radius 3 is 1.84 bits per heavy atom. The minimum atomic E-state index is -0.350. The third-order valence-electron chi connectivity index (χ3n) is 4.78. The minimum Gasteiger partial charge on any atom is -0.350 e. The average Bonchev–Trinajstić information content (AvgIpc) is 2.83. The second-order valence-corrected chi connectivity index (χ2v) is 7.05. The quantitative estimate of drug-likeness (QED) is 0.406. The van der Waals surface area contributed by atoms with E-state index in [1.165, 1.54) is 0 Å². The SMILES string of the molecule is CCc1ccccc1NC(=O)Nc1ccc(C(=O)NCCNC(=O)c2ccccc2)cc1. The molecule has 0 spiro atoms. The van der Waals surface area contributed by atoms with Crippen LogP contribution in [0.1, 0.15) is 33.2 Å². The van der Waals surface area contributed by atoms with E-state index in [-0.39, 0.29) is 17.8 Å². The molecule has 4 amide bonds. The van der Waals surface area contributed by atoms with Crippen LogP contribution in [-0.2, 0) is 6.42 Å². The maximum Gasteiger partial charge on any atom is 0.323 e. The van der Waals surface area contributed by atoms with Gasteiger partial charge in [0.25, 0.3) is 11.8 Å². The highest BCUT2D eigenvalue weighted by Gasteiger charge is 2.09. The number of carbonyl (C=O) groups excluding carboxylic acids is 3. The Bertz CT molecular complexity index is 1070. The minimum absolute atomic E-state index is 0.185. The van der Waals surface area contributed by atoms with Crippen molar-refractivity contribution in [2.45, 2.75) is 13.3 Å². The molecule has 7 heteroatoms. The number of amides is 4. The summed E-state index contributed by atoms with van der Waals surface area (Å²) in [5.74, 6) is -0.443. The summed E-state index contributed by atoms with van der Waals surface area (Å²) in [5, 5.41) is 11.1. The first-order valence-corrected chi connectivity index (χ1v) is 10.4. The van der Waals surface area contributed by atoms with Gasteiger partial charge < -0.3 is 21.3 Å². The number of anilines is 2.